The molecule has 0 aromatic heterocycles. The molecule has 0 aliphatic rings. The van der Waals surface area contributed by atoms with Gasteiger partial charge in [-0.1, -0.05) is 42.5 Å². The SMILES string of the molecule is O=C(Cc1ccccc1)c1ccc(SCC(F)(F)F)cc1. The Hall–Kier alpha value is -1.75. The lowest BCUT2D eigenvalue weighted by Gasteiger charge is -2.06. The van der Waals surface area contributed by atoms with Crippen molar-refractivity contribution < 1.29 is 18.0 Å². The van der Waals surface area contributed by atoms with Crippen LogP contribution in [-0.2, 0) is 6.42 Å². The number of carbonyl (C=O) groups excluding carboxylic acids is 1. The van der Waals surface area contributed by atoms with Gasteiger partial charge in [0.1, 0.15) is 0 Å². The summed E-state index contributed by atoms with van der Waals surface area (Å²) in [6.45, 7) is 0. The number of hydrogen-bond donors (Lipinski definition) is 0. The maximum atomic E-state index is 12.1. The van der Waals surface area contributed by atoms with Crippen molar-refractivity contribution in [2.24, 2.45) is 0 Å². The fourth-order valence-electron chi connectivity index (χ4n) is 1.79. The molecule has 0 fully saturated rings. The summed E-state index contributed by atoms with van der Waals surface area (Å²) >= 11 is 0.715. The van der Waals surface area contributed by atoms with Crippen molar-refractivity contribution in [1.29, 1.82) is 0 Å². The zero-order chi connectivity index (χ0) is 15.3. The van der Waals surface area contributed by atoms with Gasteiger partial charge in [-0.15, -0.1) is 11.8 Å². The molecule has 0 saturated carbocycles. The van der Waals surface area contributed by atoms with Crippen molar-refractivity contribution in [3.63, 3.8) is 0 Å². The van der Waals surface area contributed by atoms with Crippen molar-refractivity contribution in [2.75, 3.05) is 5.75 Å². The lowest BCUT2D eigenvalue weighted by atomic mass is 10.0. The molecule has 0 aliphatic heterocycles. The normalized spacial score (nSPS) is 11.4. The van der Waals surface area contributed by atoms with E-state index in [0.29, 0.717) is 22.2 Å². The molecule has 2 aromatic carbocycles. The molecule has 0 radical (unpaired) electrons. The standard InChI is InChI=1S/C16H13F3OS/c17-16(18,19)11-21-14-8-6-13(7-9-14)15(20)10-12-4-2-1-3-5-12/h1-9H,10-11H2. The van der Waals surface area contributed by atoms with Gasteiger partial charge in [-0.3, -0.25) is 4.79 Å². The Kier molecular flexibility index (Phi) is 5.07. The van der Waals surface area contributed by atoms with E-state index in [1.807, 2.05) is 30.3 Å². The molecule has 2 aromatic rings. The van der Waals surface area contributed by atoms with Gasteiger partial charge in [-0.2, -0.15) is 13.2 Å². The largest absolute Gasteiger partial charge is 0.398 e. The summed E-state index contributed by atoms with van der Waals surface area (Å²) in [4.78, 5) is 12.6. The van der Waals surface area contributed by atoms with Crippen molar-refractivity contribution in [3.8, 4) is 0 Å². The van der Waals surface area contributed by atoms with Crippen LogP contribution in [0.15, 0.2) is 59.5 Å². The van der Waals surface area contributed by atoms with Crippen LogP contribution in [0.4, 0.5) is 13.2 Å². The molecule has 5 heteroatoms. The van der Waals surface area contributed by atoms with Crippen molar-refractivity contribution in [3.05, 3.63) is 65.7 Å². The average molecular weight is 310 g/mol. The first-order valence-electron chi connectivity index (χ1n) is 6.31. The van der Waals surface area contributed by atoms with Crippen LogP contribution < -0.4 is 0 Å². The number of rotatable bonds is 5. The van der Waals surface area contributed by atoms with Crippen molar-refractivity contribution in [2.45, 2.75) is 17.5 Å². The van der Waals surface area contributed by atoms with E-state index in [4.69, 9.17) is 0 Å². The van der Waals surface area contributed by atoms with E-state index in [2.05, 4.69) is 0 Å². The maximum Gasteiger partial charge on any atom is 0.398 e. The van der Waals surface area contributed by atoms with Crippen molar-refractivity contribution in [1.82, 2.24) is 0 Å². The minimum Gasteiger partial charge on any atom is -0.294 e. The lowest BCUT2D eigenvalue weighted by Crippen LogP contribution is -2.10. The van der Waals surface area contributed by atoms with Crippen LogP contribution in [0.3, 0.4) is 0 Å². The molecule has 110 valence electrons. The van der Waals surface area contributed by atoms with Gasteiger partial charge >= 0.3 is 6.18 Å². The summed E-state index contributed by atoms with van der Waals surface area (Å²) in [5, 5.41) is 0. The van der Waals surface area contributed by atoms with Gasteiger partial charge < -0.3 is 0 Å². The van der Waals surface area contributed by atoms with Crippen LogP contribution in [0.2, 0.25) is 0 Å². The van der Waals surface area contributed by atoms with Gasteiger partial charge in [0.15, 0.2) is 5.78 Å². The summed E-state index contributed by atoms with van der Waals surface area (Å²) < 4.78 is 36.3. The molecule has 0 unspecified atom stereocenters. The van der Waals surface area contributed by atoms with Gasteiger partial charge in [0.05, 0.1) is 5.75 Å². The quantitative estimate of drug-likeness (QED) is 0.585. The van der Waals surface area contributed by atoms with Crippen LogP contribution >= 0.6 is 11.8 Å². The molecule has 21 heavy (non-hydrogen) atoms. The van der Waals surface area contributed by atoms with Gasteiger partial charge in [-0.25, -0.2) is 0 Å². The molecule has 0 atom stereocenters. The first kappa shape index (κ1) is 15.6. The van der Waals surface area contributed by atoms with E-state index in [-0.39, 0.29) is 12.2 Å². The molecule has 0 aliphatic carbocycles. The third-order valence-electron chi connectivity index (χ3n) is 2.79. The van der Waals surface area contributed by atoms with Crippen LogP contribution in [0.25, 0.3) is 0 Å². The van der Waals surface area contributed by atoms with E-state index >= 15 is 0 Å². The van der Waals surface area contributed by atoms with Crippen molar-refractivity contribution >= 4 is 17.5 Å². The van der Waals surface area contributed by atoms with E-state index in [9.17, 15) is 18.0 Å². The maximum absolute atomic E-state index is 12.1. The highest BCUT2D eigenvalue weighted by Gasteiger charge is 2.27. The van der Waals surface area contributed by atoms with Gasteiger partial charge in [0.25, 0.3) is 0 Å². The zero-order valence-electron chi connectivity index (χ0n) is 11.1. The summed E-state index contributed by atoms with van der Waals surface area (Å²) in [6, 6.07) is 15.6. The second-order valence-electron chi connectivity index (χ2n) is 4.51. The molecular weight excluding hydrogens is 297 g/mol. The molecule has 2 rings (SSSR count). The monoisotopic (exact) mass is 310 g/mol. The lowest BCUT2D eigenvalue weighted by molar-refractivity contribution is -0.105. The number of Topliss-reactive ketones (excluding diaryl/α,β-unsaturated/α-hetero) is 1. The predicted octanol–water partition coefficient (Wildman–Crippen LogP) is 4.77. The highest BCUT2D eigenvalue weighted by molar-refractivity contribution is 7.99. The number of ketones is 1. The van der Waals surface area contributed by atoms with Crippen LogP contribution in [0.1, 0.15) is 15.9 Å². The van der Waals surface area contributed by atoms with E-state index < -0.39 is 11.9 Å². The molecule has 0 heterocycles. The van der Waals surface area contributed by atoms with Crippen LogP contribution in [0, 0.1) is 0 Å². The van der Waals surface area contributed by atoms with Crippen LogP contribution in [0.5, 0.6) is 0 Å². The fraction of sp³-hybridized carbons (Fsp3) is 0.188. The average Bonchev–Trinajstić information content (AvgIpc) is 2.46. The van der Waals surface area contributed by atoms with E-state index in [0.717, 1.165) is 5.56 Å². The number of halogens is 3. The number of thioether (sulfide) groups is 1. The highest BCUT2D eigenvalue weighted by atomic mass is 32.2. The van der Waals surface area contributed by atoms with E-state index in [1.54, 1.807) is 24.3 Å². The molecule has 0 spiro atoms. The summed E-state index contributed by atoms with van der Waals surface area (Å²) in [5.41, 5.74) is 1.42. The minimum absolute atomic E-state index is 0.0476. The first-order chi connectivity index (χ1) is 9.94. The number of benzene rings is 2. The zero-order valence-corrected chi connectivity index (χ0v) is 11.9. The highest BCUT2D eigenvalue weighted by Crippen LogP contribution is 2.27. The van der Waals surface area contributed by atoms with Gasteiger partial charge in [0.2, 0.25) is 0 Å². The number of alkyl halides is 3. The summed E-state index contributed by atoms with van der Waals surface area (Å²) in [5.74, 6) is -0.974. The first-order valence-corrected chi connectivity index (χ1v) is 7.29. The Bertz CT molecular complexity index is 591. The predicted molar refractivity (Wildman–Crippen MR) is 77.7 cm³/mol. The van der Waals surface area contributed by atoms with Gasteiger partial charge in [-0.05, 0) is 17.7 Å². The molecule has 0 N–H and O–H groups in total. The second-order valence-corrected chi connectivity index (χ2v) is 5.56. The number of carbonyl (C=O) groups is 1. The molecular formula is C16H13F3OS. The van der Waals surface area contributed by atoms with E-state index in [1.165, 1.54) is 0 Å². The third-order valence-corrected chi connectivity index (χ3v) is 3.86. The molecule has 0 saturated heterocycles. The second kappa shape index (κ2) is 6.80. The summed E-state index contributed by atoms with van der Waals surface area (Å²) in [7, 11) is 0. The smallest absolute Gasteiger partial charge is 0.294 e. The fourth-order valence-corrected chi connectivity index (χ4v) is 2.44. The van der Waals surface area contributed by atoms with Gasteiger partial charge in [0, 0.05) is 16.9 Å². The Morgan fingerprint density at radius 2 is 1.57 bits per heavy atom. The number of hydrogen-bond acceptors (Lipinski definition) is 2. The third kappa shape index (κ3) is 5.27. The summed E-state index contributed by atoms with van der Waals surface area (Å²) in [6.07, 6.45) is -3.90. The Morgan fingerprint density at radius 1 is 0.952 bits per heavy atom. The molecule has 0 amide bonds. The Labute approximate surface area is 125 Å². The molecule has 1 nitrogen and oxygen atoms in total. The Balaban J connectivity index is 1.97. The molecule has 0 bridgehead atoms. The minimum atomic E-state index is -4.19. The topological polar surface area (TPSA) is 17.1 Å². The van der Waals surface area contributed by atoms with Crippen LogP contribution in [-0.4, -0.2) is 17.7 Å². The Morgan fingerprint density at radius 3 is 2.14 bits per heavy atom.